The van der Waals surface area contributed by atoms with E-state index in [0.29, 0.717) is 6.04 Å². The zero-order chi connectivity index (χ0) is 11.8. The highest BCUT2D eigenvalue weighted by Gasteiger charge is 2.19. The van der Waals surface area contributed by atoms with Crippen molar-refractivity contribution in [2.45, 2.75) is 13.0 Å². The first-order chi connectivity index (χ1) is 8.25. The van der Waals surface area contributed by atoms with Crippen LogP contribution in [0.1, 0.15) is 6.92 Å². The van der Waals surface area contributed by atoms with Crippen LogP contribution in [-0.2, 0) is 7.05 Å². The van der Waals surface area contributed by atoms with Gasteiger partial charge in [0.25, 0.3) is 0 Å². The molecule has 1 fully saturated rings. The summed E-state index contributed by atoms with van der Waals surface area (Å²) in [7, 11) is 2.01. The molecule has 0 aromatic carbocycles. The lowest BCUT2D eigenvalue weighted by Crippen LogP contribution is -2.49. The lowest BCUT2D eigenvalue weighted by atomic mass is 10.2. The lowest BCUT2D eigenvalue weighted by molar-refractivity contribution is 0.483. The van der Waals surface area contributed by atoms with Gasteiger partial charge in [0, 0.05) is 38.9 Å². The van der Waals surface area contributed by atoms with Gasteiger partial charge < -0.3 is 14.8 Å². The molecule has 1 aliphatic heterocycles. The molecule has 1 aliphatic rings. The van der Waals surface area contributed by atoms with Gasteiger partial charge in [0.2, 0.25) is 0 Å². The molecule has 0 unspecified atom stereocenters. The number of hydrogen-bond acceptors (Lipinski definition) is 4. The average molecular weight is 231 g/mol. The highest BCUT2D eigenvalue weighted by molar-refractivity contribution is 5.86. The SMILES string of the molecule is C[C@@H]1CN(c2nccc3c2ncn3C)CCN1. The minimum Gasteiger partial charge on any atom is -0.352 e. The van der Waals surface area contributed by atoms with Crippen molar-refractivity contribution in [3.8, 4) is 0 Å². The van der Waals surface area contributed by atoms with Crippen molar-refractivity contribution in [3.05, 3.63) is 18.6 Å². The molecule has 90 valence electrons. The third kappa shape index (κ3) is 1.76. The molecule has 0 radical (unpaired) electrons. The number of nitrogens with one attached hydrogen (secondary N) is 1. The van der Waals surface area contributed by atoms with Gasteiger partial charge in [-0.1, -0.05) is 0 Å². The Morgan fingerprint density at radius 1 is 1.41 bits per heavy atom. The van der Waals surface area contributed by atoms with Gasteiger partial charge in [-0.05, 0) is 13.0 Å². The van der Waals surface area contributed by atoms with Gasteiger partial charge >= 0.3 is 0 Å². The topological polar surface area (TPSA) is 46.0 Å². The molecule has 1 N–H and O–H groups in total. The molecule has 2 aromatic heterocycles. The van der Waals surface area contributed by atoms with Crippen molar-refractivity contribution in [2.75, 3.05) is 24.5 Å². The average Bonchev–Trinajstić information content (AvgIpc) is 2.71. The number of pyridine rings is 1. The predicted molar refractivity (Wildman–Crippen MR) is 68.2 cm³/mol. The van der Waals surface area contributed by atoms with E-state index in [1.165, 1.54) is 0 Å². The van der Waals surface area contributed by atoms with Crippen LogP contribution in [0.15, 0.2) is 18.6 Å². The molecular weight excluding hydrogens is 214 g/mol. The summed E-state index contributed by atoms with van der Waals surface area (Å²) in [5.74, 6) is 1.01. The Hall–Kier alpha value is -1.62. The standard InChI is InChI=1S/C12H17N5/c1-9-7-17(6-5-13-9)12-11-10(3-4-14-12)16(2)8-15-11/h3-4,8-9,13H,5-7H2,1-2H3/t9-/m1/s1. The molecule has 2 aromatic rings. The smallest absolute Gasteiger partial charge is 0.156 e. The summed E-state index contributed by atoms with van der Waals surface area (Å²) in [4.78, 5) is 11.3. The van der Waals surface area contributed by atoms with E-state index >= 15 is 0 Å². The largest absolute Gasteiger partial charge is 0.352 e. The van der Waals surface area contributed by atoms with Gasteiger partial charge in [-0.15, -0.1) is 0 Å². The number of aromatic nitrogens is 3. The second-order valence-corrected chi connectivity index (χ2v) is 4.66. The van der Waals surface area contributed by atoms with E-state index in [9.17, 15) is 0 Å². The fourth-order valence-corrected chi connectivity index (χ4v) is 2.40. The van der Waals surface area contributed by atoms with Crippen molar-refractivity contribution in [1.82, 2.24) is 19.9 Å². The van der Waals surface area contributed by atoms with E-state index in [2.05, 4.69) is 27.1 Å². The van der Waals surface area contributed by atoms with E-state index < -0.39 is 0 Å². The Balaban J connectivity index is 2.04. The van der Waals surface area contributed by atoms with E-state index in [-0.39, 0.29) is 0 Å². The second kappa shape index (κ2) is 4.00. The summed E-state index contributed by atoms with van der Waals surface area (Å²) >= 11 is 0. The first-order valence-corrected chi connectivity index (χ1v) is 6.00. The summed E-state index contributed by atoms with van der Waals surface area (Å²) in [6.07, 6.45) is 3.72. The third-order valence-corrected chi connectivity index (χ3v) is 3.29. The number of fused-ring (bicyclic) bond motifs is 1. The molecule has 0 bridgehead atoms. The Bertz CT molecular complexity index is 533. The number of piperazine rings is 1. The fraction of sp³-hybridized carbons (Fsp3) is 0.500. The highest BCUT2D eigenvalue weighted by Crippen LogP contribution is 2.23. The van der Waals surface area contributed by atoms with Gasteiger partial charge in [-0.25, -0.2) is 9.97 Å². The maximum Gasteiger partial charge on any atom is 0.156 e. The Labute approximate surface area is 100 Å². The van der Waals surface area contributed by atoms with Crippen molar-refractivity contribution in [2.24, 2.45) is 7.05 Å². The molecule has 0 aliphatic carbocycles. The van der Waals surface area contributed by atoms with Gasteiger partial charge in [0.05, 0.1) is 11.8 Å². The van der Waals surface area contributed by atoms with Crippen LogP contribution in [0.25, 0.3) is 11.0 Å². The lowest BCUT2D eigenvalue weighted by Gasteiger charge is -2.32. The van der Waals surface area contributed by atoms with E-state index in [0.717, 1.165) is 36.5 Å². The van der Waals surface area contributed by atoms with Crippen LogP contribution in [0.2, 0.25) is 0 Å². The summed E-state index contributed by atoms with van der Waals surface area (Å²) in [6, 6.07) is 2.52. The first-order valence-electron chi connectivity index (χ1n) is 6.00. The molecule has 3 rings (SSSR count). The summed E-state index contributed by atoms with van der Waals surface area (Å²) in [5, 5.41) is 3.44. The van der Waals surface area contributed by atoms with Gasteiger partial charge in [0.15, 0.2) is 5.82 Å². The van der Waals surface area contributed by atoms with Gasteiger partial charge in [-0.3, -0.25) is 0 Å². The number of anilines is 1. The number of imidazole rings is 1. The Morgan fingerprint density at radius 3 is 3.12 bits per heavy atom. The van der Waals surface area contributed by atoms with Crippen LogP contribution in [0.5, 0.6) is 0 Å². The van der Waals surface area contributed by atoms with Crippen LogP contribution in [0.3, 0.4) is 0 Å². The van der Waals surface area contributed by atoms with Crippen molar-refractivity contribution in [3.63, 3.8) is 0 Å². The molecule has 0 saturated carbocycles. The third-order valence-electron chi connectivity index (χ3n) is 3.29. The van der Waals surface area contributed by atoms with E-state index in [1.807, 2.05) is 30.2 Å². The van der Waals surface area contributed by atoms with Gasteiger partial charge in [-0.2, -0.15) is 0 Å². The molecule has 5 heteroatoms. The van der Waals surface area contributed by atoms with E-state index in [1.54, 1.807) is 0 Å². The molecule has 1 saturated heterocycles. The van der Waals surface area contributed by atoms with Crippen molar-refractivity contribution >= 4 is 16.9 Å². The van der Waals surface area contributed by atoms with Crippen LogP contribution in [-0.4, -0.2) is 40.2 Å². The molecule has 3 heterocycles. The Morgan fingerprint density at radius 2 is 2.29 bits per heavy atom. The zero-order valence-electron chi connectivity index (χ0n) is 10.2. The van der Waals surface area contributed by atoms with Crippen molar-refractivity contribution < 1.29 is 0 Å². The molecule has 5 nitrogen and oxygen atoms in total. The monoisotopic (exact) mass is 231 g/mol. The predicted octanol–water partition coefficient (Wildman–Crippen LogP) is 0.766. The highest BCUT2D eigenvalue weighted by atomic mass is 15.2. The maximum absolute atomic E-state index is 4.50. The zero-order valence-corrected chi connectivity index (χ0v) is 10.2. The van der Waals surface area contributed by atoms with Crippen molar-refractivity contribution in [1.29, 1.82) is 0 Å². The first kappa shape index (κ1) is 10.5. The maximum atomic E-state index is 4.50. The normalized spacial score (nSPS) is 21.1. The number of hydrogen-bond donors (Lipinski definition) is 1. The number of aryl methyl sites for hydroxylation is 1. The number of rotatable bonds is 1. The molecular formula is C12H17N5. The Kier molecular flexibility index (Phi) is 2.48. The second-order valence-electron chi connectivity index (χ2n) is 4.66. The van der Waals surface area contributed by atoms with Crippen LogP contribution < -0.4 is 10.2 Å². The fourth-order valence-electron chi connectivity index (χ4n) is 2.40. The summed E-state index contributed by atoms with van der Waals surface area (Å²) in [6.45, 7) is 5.19. The molecule has 0 spiro atoms. The summed E-state index contributed by atoms with van der Waals surface area (Å²) < 4.78 is 2.03. The van der Waals surface area contributed by atoms with Crippen LogP contribution >= 0.6 is 0 Å². The van der Waals surface area contributed by atoms with Gasteiger partial charge in [0.1, 0.15) is 5.52 Å². The molecule has 17 heavy (non-hydrogen) atoms. The van der Waals surface area contributed by atoms with E-state index in [4.69, 9.17) is 0 Å². The summed E-state index contributed by atoms with van der Waals surface area (Å²) in [5.41, 5.74) is 2.14. The molecule has 1 atom stereocenters. The quantitative estimate of drug-likeness (QED) is 0.787. The minimum atomic E-state index is 0.504. The minimum absolute atomic E-state index is 0.504. The molecule has 0 amide bonds. The number of nitrogens with zero attached hydrogens (tertiary/aromatic N) is 4. The van der Waals surface area contributed by atoms with Crippen LogP contribution in [0.4, 0.5) is 5.82 Å². The van der Waals surface area contributed by atoms with Crippen LogP contribution in [0, 0.1) is 0 Å².